The first kappa shape index (κ1) is 13.9. The van der Waals surface area contributed by atoms with Gasteiger partial charge < -0.3 is 5.11 Å². The normalized spacial score (nSPS) is 30.9. The van der Waals surface area contributed by atoms with Crippen molar-refractivity contribution < 1.29 is 14.7 Å². The van der Waals surface area contributed by atoms with E-state index in [1.54, 1.807) is 20.8 Å². The molecule has 1 fully saturated rings. The molecule has 0 aliphatic heterocycles. The molecule has 0 aromatic heterocycles. The Morgan fingerprint density at radius 2 is 2.06 bits per heavy atom. The van der Waals surface area contributed by atoms with Crippen LogP contribution in [0.3, 0.4) is 0 Å². The van der Waals surface area contributed by atoms with Crippen molar-refractivity contribution in [1.82, 2.24) is 0 Å². The molecule has 3 heteroatoms. The van der Waals surface area contributed by atoms with Gasteiger partial charge in [-0.25, -0.2) is 0 Å². The molecule has 0 aromatic carbocycles. The Balaban J connectivity index is 2.86. The molecule has 0 amide bonds. The first-order valence-corrected chi connectivity index (χ1v) is 6.09. The van der Waals surface area contributed by atoms with Gasteiger partial charge in [-0.3, -0.25) is 9.59 Å². The van der Waals surface area contributed by atoms with Crippen molar-refractivity contribution in [3.8, 4) is 11.8 Å². The smallest absolute Gasteiger partial charge is 0.205 e. The maximum Gasteiger partial charge on any atom is 0.205 e. The summed E-state index contributed by atoms with van der Waals surface area (Å²) >= 11 is 0. The van der Waals surface area contributed by atoms with Crippen molar-refractivity contribution in [2.24, 2.45) is 17.3 Å². The van der Waals surface area contributed by atoms with Crippen molar-refractivity contribution in [2.45, 2.75) is 46.6 Å². The molecule has 94 valence electrons. The van der Waals surface area contributed by atoms with Gasteiger partial charge in [0.25, 0.3) is 0 Å². The lowest BCUT2D eigenvalue weighted by Crippen LogP contribution is -2.31. The molecule has 1 saturated carbocycles. The van der Waals surface area contributed by atoms with Crippen molar-refractivity contribution >= 4 is 11.6 Å². The Hall–Kier alpha value is -1.14. The number of hydrogen-bond donors (Lipinski definition) is 1. The van der Waals surface area contributed by atoms with Crippen molar-refractivity contribution in [2.75, 3.05) is 0 Å². The molecule has 0 bridgehead atoms. The molecule has 0 radical (unpaired) electrons. The minimum Gasteiger partial charge on any atom is -0.391 e. The van der Waals surface area contributed by atoms with Gasteiger partial charge in [-0.1, -0.05) is 33.6 Å². The fourth-order valence-electron chi connectivity index (χ4n) is 2.28. The molecule has 3 unspecified atom stereocenters. The van der Waals surface area contributed by atoms with Crippen LogP contribution in [-0.2, 0) is 9.59 Å². The van der Waals surface area contributed by atoms with E-state index in [1.165, 1.54) is 0 Å². The molecule has 0 spiro atoms. The second-order valence-corrected chi connectivity index (χ2v) is 5.29. The molecule has 0 heterocycles. The number of aliphatic hydroxyl groups is 1. The largest absolute Gasteiger partial charge is 0.391 e. The predicted molar refractivity (Wildman–Crippen MR) is 65.1 cm³/mol. The second kappa shape index (κ2) is 5.01. The minimum atomic E-state index is -0.785. The summed E-state index contributed by atoms with van der Waals surface area (Å²) in [5.41, 5.74) is -0.757. The number of carbonyl (C=O) groups is 2. The van der Waals surface area contributed by atoms with Crippen LogP contribution in [-0.4, -0.2) is 22.8 Å². The highest BCUT2D eigenvalue weighted by Gasteiger charge is 2.52. The molecular formula is C14H20O3. The van der Waals surface area contributed by atoms with Crippen LogP contribution >= 0.6 is 0 Å². The number of rotatable bonds is 2. The van der Waals surface area contributed by atoms with E-state index in [4.69, 9.17) is 0 Å². The highest BCUT2D eigenvalue weighted by atomic mass is 16.3. The molecule has 1 aliphatic rings. The summed E-state index contributed by atoms with van der Waals surface area (Å²) in [7, 11) is 0. The fourth-order valence-corrected chi connectivity index (χ4v) is 2.28. The van der Waals surface area contributed by atoms with Gasteiger partial charge in [-0.2, -0.15) is 0 Å². The zero-order valence-corrected chi connectivity index (χ0v) is 10.9. The van der Waals surface area contributed by atoms with Gasteiger partial charge >= 0.3 is 0 Å². The van der Waals surface area contributed by atoms with E-state index >= 15 is 0 Å². The maximum absolute atomic E-state index is 11.9. The standard InChI is InChI=1S/C14H20O3/c1-5-6-10(15)7-8-11-9(2)12(16)14(3,4)13(11)17/h9,11,13,17H,5-6H2,1-4H3. The first-order chi connectivity index (χ1) is 7.82. The van der Waals surface area contributed by atoms with Crippen molar-refractivity contribution in [3.05, 3.63) is 0 Å². The van der Waals surface area contributed by atoms with Gasteiger partial charge in [0.2, 0.25) is 5.78 Å². The van der Waals surface area contributed by atoms with Crippen LogP contribution in [0.2, 0.25) is 0 Å². The maximum atomic E-state index is 11.9. The van der Waals surface area contributed by atoms with Crippen LogP contribution in [0.4, 0.5) is 0 Å². The monoisotopic (exact) mass is 236 g/mol. The Morgan fingerprint density at radius 1 is 1.47 bits per heavy atom. The molecule has 0 saturated heterocycles. The Kier molecular flexibility index (Phi) is 4.11. The van der Waals surface area contributed by atoms with Gasteiger partial charge in [0, 0.05) is 12.3 Å². The van der Waals surface area contributed by atoms with Gasteiger partial charge in [0.05, 0.1) is 17.4 Å². The summed E-state index contributed by atoms with van der Waals surface area (Å²) < 4.78 is 0. The molecule has 3 atom stereocenters. The van der Waals surface area contributed by atoms with E-state index in [0.29, 0.717) is 6.42 Å². The SMILES string of the molecule is CCCC(=O)C#CC1C(C)C(=O)C(C)(C)C1O. The summed E-state index contributed by atoms with van der Waals surface area (Å²) in [6.07, 6.45) is 0.411. The third-order valence-electron chi connectivity index (χ3n) is 3.52. The van der Waals surface area contributed by atoms with Gasteiger partial charge in [-0.05, 0) is 12.3 Å². The van der Waals surface area contributed by atoms with Crippen LogP contribution in [0.25, 0.3) is 0 Å². The number of carbonyl (C=O) groups excluding carboxylic acids is 2. The molecular weight excluding hydrogens is 216 g/mol. The van der Waals surface area contributed by atoms with Gasteiger partial charge in [-0.15, -0.1) is 0 Å². The van der Waals surface area contributed by atoms with Crippen LogP contribution in [0.5, 0.6) is 0 Å². The van der Waals surface area contributed by atoms with E-state index < -0.39 is 17.4 Å². The van der Waals surface area contributed by atoms with E-state index in [1.807, 2.05) is 6.92 Å². The van der Waals surface area contributed by atoms with E-state index in [2.05, 4.69) is 11.8 Å². The lowest BCUT2D eigenvalue weighted by atomic mass is 9.86. The topological polar surface area (TPSA) is 54.4 Å². The Bertz CT molecular complexity index is 384. The highest BCUT2D eigenvalue weighted by molar-refractivity contribution is 5.96. The van der Waals surface area contributed by atoms with Crippen LogP contribution in [0.1, 0.15) is 40.5 Å². The lowest BCUT2D eigenvalue weighted by Gasteiger charge is -2.21. The van der Waals surface area contributed by atoms with Crippen LogP contribution in [0, 0.1) is 29.1 Å². The van der Waals surface area contributed by atoms with E-state index in [0.717, 1.165) is 6.42 Å². The van der Waals surface area contributed by atoms with Gasteiger partial charge in [0.1, 0.15) is 5.78 Å². The predicted octanol–water partition coefficient (Wildman–Crippen LogP) is 1.58. The summed E-state index contributed by atoms with van der Waals surface area (Å²) in [6.45, 7) is 7.14. The van der Waals surface area contributed by atoms with Crippen LogP contribution < -0.4 is 0 Å². The molecule has 17 heavy (non-hydrogen) atoms. The molecule has 0 aromatic rings. The van der Waals surface area contributed by atoms with E-state index in [-0.39, 0.29) is 17.5 Å². The van der Waals surface area contributed by atoms with E-state index in [9.17, 15) is 14.7 Å². The second-order valence-electron chi connectivity index (χ2n) is 5.29. The van der Waals surface area contributed by atoms with Crippen LogP contribution in [0.15, 0.2) is 0 Å². The lowest BCUT2D eigenvalue weighted by molar-refractivity contribution is -0.129. The van der Waals surface area contributed by atoms with Crippen molar-refractivity contribution in [1.29, 1.82) is 0 Å². The third kappa shape index (κ3) is 2.58. The number of Topliss-reactive ketones (excluding diaryl/α,β-unsaturated/α-hetero) is 2. The quantitative estimate of drug-likeness (QED) is 0.585. The molecule has 1 aliphatic carbocycles. The van der Waals surface area contributed by atoms with Gasteiger partial charge in [0.15, 0.2) is 0 Å². The molecule has 1 rings (SSSR count). The number of aliphatic hydroxyl groups excluding tert-OH is 1. The molecule has 3 nitrogen and oxygen atoms in total. The highest BCUT2D eigenvalue weighted by Crippen LogP contribution is 2.41. The summed E-state index contributed by atoms with van der Waals surface area (Å²) in [4.78, 5) is 23.2. The van der Waals surface area contributed by atoms with Crippen molar-refractivity contribution in [3.63, 3.8) is 0 Å². The third-order valence-corrected chi connectivity index (χ3v) is 3.52. The molecule has 1 N–H and O–H groups in total. The number of hydrogen-bond acceptors (Lipinski definition) is 3. The fraction of sp³-hybridized carbons (Fsp3) is 0.714. The summed E-state index contributed by atoms with van der Waals surface area (Å²) in [5, 5.41) is 10.1. The average Bonchev–Trinajstić information content (AvgIpc) is 2.40. The minimum absolute atomic E-state index is 0.0206. The summed E-state index contributed by atoms with van der Waals surface area (Å²) in [6, 6.07) is 0. The Morgan fingerprint density at radius 3 is 2.47 bits per heavy atom. The average molecular weight is 236 g/mol. The zero-order chi connectivity index (χ0) is 13.2. The first-order valence-electron chi connectivity index (χ1n) is 6.09. The summed E-state index contributed by atoms with van der Waals surface area (Å²) in [5.74, 6) is 4.50. The zero-order valence-electron chi connectivity index (χ0n) is 10.9. The number of ketones is 2. The Labute approximate surface area is 103 Å².